The van der Waals surface area contributed by atoms with Crippen LogP contribution in [0.3, 0.4) is 0 Å². The molecule has 5 nitrogen and oxygen atoms in total. The molecule has 2 rings (SSSR count). The highest BCUT2D eigenvalue weighted by Gasteiger charge is 2.31. The molecule has 1 atom stereocenters. The smallest absolute Gasteiger partial charge is 0.245 e. The molecule has 0 radical (unpaired) electrons. The number of carbonyl (C=O) groups is 1. The molecule has 1 fully saturated rings. The Hall–Kier alpha value is -1.52. The van der Waals surface area contributed by atoms with Gasteiger partial charge in [-0.3, -0.25) is 4.79 Å². The minimum absolute atomic E-state index is 0.115. The van der Waals surface area contributed by atoms with Gasteiger partial charge in [-0.05, 0) is 6.42 Å². The number of carbonyl (C=O) groups excluding carboxylic acids is 1. The first kappa shape index (κ1) is 8.10. The Kier molecular flexibility index (Phi) is 1.72. The zero-order valence-electron chi connectivity index (χ0n) is 7.47. The van der Waals surface area contributed by atoms with Crippen molar-refractivity contribution in [1.82, 2.24) is 14.5 Å². The van der Waals surface area contributed by atoms with Crippen molar-refractivity contribution in [3.63, 3.8) is 0 Å². The maximum absolute atomic E-state index is 11.6. The molecule has 2 N–H and O–H groups in total. The predicted octanol–water partition coefficient (Wildman–Crippen LogP) is -0.132. The Morgan fingerprint density at radius 2 is 2.46 bits per heavy atom. The van der Waals surface area contributed by atoms with Crippen molar-refractivity contribution in [2.45, 2.75) is 12.5 Å². The van der Waals surface area contributed by atoms with Crippen LogP contribution >= 0.6 is 0 Å². The molecule has 13 heavy (non-hydrogen) atoms. The normalized spacial score (nSPS) is 22.7. The van der Waals surface area contributed by atoms with Crippen LogP contribution in [0.2, 0.25) is 0 Å². The highest BCUT2D eigenvalue weighted by molar-refractivity contribution is 5.82. The number of nitrogens with two attached hydrogens (primary N) is 1. The third-order valence-electron chi connectivity index (χ3n) is 2.43. The van der Waals surface area contributed by atoms with Crippen LogP contribution in [-0.4, -0.2) is 34.0 Å². The van der Waals surface area contributed by atoms with Gasteiger partial charge in [-0.2, -0.15) is 0 Å². The second-order valence-corrected chi connectivity index (χ2v) is 3.26. The molecule has 0 aromatic carbocycles. The highest BCUT2D eigenvalue weighted by atomic mass is 16.2. The van der Waals surface area contributed by atoms with Gasteiger partial charge in [0.1, 0.15) is 6.04 Å². The summed E-state index contributed by atoms with van der Waals surface area (Å²) in [6.07, 6.45) is 4.17. The maximum atomic E-state index is 11.6. The molecule has 0 bridgehead atoms. The van der Waals surface area contributed by atoms with Gasteiger partial charge in [0, 0.05) is 26.0 Å². The number of amides is 1. The number of hydrogen-bond acceptors (Lipinski definition) is 3. The van der Waals surface area contributed by atoms with E-state index in [0.717, 1.165) is 13.0 Å². The molecular formula is C8H12N4O. The summed E-state index contributed by atoms with van der Waals surface area (Å²) in [6, 6.07) is -0.146. The fourth-order valence-electron chi connectivity index (χ4n) is 1.65. The fraction of sp³-hybridized carbons (Fsp3) is 0.500. The largest absolute Gasteiger partial charge is 0.369 e. The van der Waals surface area contributed by atoms with Gasteiger partial charge in [-0.15, -0.1) is 0 Å². The number of rotatable bonds is 1. The SMILES string of the molecule is CN1CCC(n2ccnc2N)C1=O. The lowest BCUT2D eigenvalue weighted by Crippen LogP contribution is -2.24. The number of anilines is 1. The van der Waals surface area contributed by atoms with Crippen LogP contribution in [0.4, 0.5) is 5.95 Å². The van der Waals surface area contributed by atoms with Crippen LogP contribution in [0.1, 0.15) is 12.5 Å². The van der Waals surface area contributed by atoms with Crippen molar-refractivity contribution in [2.24, 2.45) is 0 Å². The Morgan fingerprint density at radius 1 is 1.69 bits per heavy atom. The third-order valence-corrected chi connectivity index (χ3v) is 2.43. The number of hydrogen-bond donors (Lipinski definition) is 1. The first-order valence-corrected chi connectivity index (χ1v) is 4.23. The van der Waals surface area contributed by atoms with Crippen LogP contribution in [0.25, 0.3) is 0 Å². The van der Waals surface area contributed by atoms with Crippen LogP contribution in [0.15, 0.2) is 12.4 Å². The number of nitrogens with zero attached hydrogens (tertiary/aromatic N) is 3. The summed E-state index contributed by atoms with van der Waals surface area (Å²) in [7, 11) is 1.80. The van der Waals surface area contributed by atoms with E-state index < -0.39 is 0 Å². The van der Waals surface area contributed by atoms with Gasteiger partial charge in [0.15, 0.2) is 0 Å². The monoisotopic (exact) mass is 180 g/mol. The van der Waals surface area contributed by atoms with Crippen molar-refractivity contribution in [3.05, 3.63) is 12.4 Å². The van der Waals surface area contributed by atoms with E-state index in [1.54, 1.807) is 28.9 Å². The van der Waals surface area contributed by atoms with Crippen LogP contribution in [-0.2, 0) is 4.79 Å². The Balaban J connectivity index is 2.28. The molecule has 1 aromatic rings. The average molecular weight is 180 g/mol. The molecule has 0 saturated carbocycles. The maximum Gasteiger partial charge on any atom is 0.245 e. The van der Waals surface area contributed by atoms with Crippen molar-refractivity contribution < 1.29 is 4.79 Å². The molecule has 1 aliphatic heterocycles. The molecule has 1 saturated heterocycles. The van der Waals surface area contributed by atoms with E-state index in [4.69, 9.17) is 5.73 Å². The Labute approximate surface area is 76.2 Å². The van der Waals surface area contributed by atoms with Gasteiger partial charge in [0.25, 0.3) is 0 Å². The first-order valence-electron chi connectivity index (χ1n) is 4.23. The van der Waals surface area contributed by atoms with Crippen LogP contribution in [0.5, 0.6) is 0 Å². The van der Waals surface area contributed by atoms with Gasteiger partial charge in [-0.25, -0.2) is 4.98 Å². The van der Waals surface area contributed by atoms with Gasteiger partial charge in [-0.1, -0.05) is 0 Å². The minimum atomic E-state index is -0.146. The lowest BCUT2D eigenvalue weighted by Gasteiger charge is -2.12. The summed E-state index contributed by atoms with van der Waals surface area (Å²) < 4.78 is 1.73. The van der Waals surface area contributed by atoms with Gasteiger partial charge in [0.2, 0.25) is 11.9 Å². The Morgan fingerprint density at radius 3 is 2.92 bits per heavy atom. The van der Waals surface area contributed by atoms with Crippen molar-refractivity contribution >= 4 is 11.9 Å². The molecule has 1 aliphatic rings. The quantitative estimate of drug-likeness (QED) is 0.654. The summed E-state index contributed by atoms with van der Waals surface area (Å²) in [5.41, 5.74) is 5.61. The van der Waals surface area contributed by atoms with Crippen molar-refractivity contribution in [3.8, 4) is 0 Å². The molecule has 5 heteroatoms. The topological polar surface area (TPSA) is 64.2 Å². The molecule has 70 valence electrons. The van der Waals surface area contributed by atoms with Crippen LogP contribution in [0, 0.1) is 0 Å². The fourth-order valence-corrected chi connectivity index (χ4v) is 1.65. The average Bonchev–Trinajstić information content (AvgIpc) is 2.62. The minimum Gasteiger partial charge on any atom is -0.369 e. The predicted molar refractivity (Wildman–Crippen MR) is 47.9 cm³/mol. The Bertz CT molecular complexity index is 333. The summed E-state index contributed by atoms with van der Waals surface area (Å²) >= 11 is 0. The van der Waals surface area contributed by atoms with Gasteiger partial charge >= 0.3 is 0 Å². The number of imidazole rings is 1. The zero-order valence-corrected chi connectivity index (χ0v) is 7.47. The second kappa shape index (κ2) is 2.76. The summed E-state index contributed by atoms with van der Waals surface area (Å²) in [5.74, 6) is 0.526. The molecule has 1 aromatic heterocycles. The number of likely N-dealkylation sites (N-methyl/N-ethyl adjacent to an activating group) is 1. The third kappa shape index (κ3) is 1.16. The van der Waals surface area contributed by atoms with E-state index in [9.17, 15) is 4.79 Å². The van der Waals surface area contributed by atoms with E-state index in [0.29, 0.717) is 5.95 Å². The number of likely N-dealkylation sites (tertiary alicyclic amines) is 1. The second-order valence-electron chi connectivity index (χ2n) is 3.26. The molecule has 0 spiro atoms. The van der Waals surface area contributed by atoms with Crippen molar-refractivity contribution in [2.75, 3.05) is 19.3 Å². The van der Waals surface area contributed by atoms with E-state index in [1.165, 1.54) is 0 Å². The molecule has 1 amide bonds. The molecule has 1 unspecified atom stereocenters. The van der Waals surface area contributed by atoms with Crippen LogP contribution < -0.4 is 5.73 Å². The van der Waals surface area contributed by atoms with Crippen molar-refractivity contribution in [1.29, 1.82) is 0 Å². The first-order chi connectivity index (χ1) is 6.20. The van der Waals surface area contributed by atoms with E-state index in [1.807, 2.05) is 0 Å². The number of aromatic nitrogens is 2. The summed E-state index contributed by atoms with van der Waals surface area (Å²) in [5, 5.41) is 0. The highest BCUT2D eigenvalue weighted by Crippen LogP contribution is 2.23. The standard InChI is InChI=1S/C8H12N4O/c1-11-4-2-6(7(11)13)12-5-3-10-8(12)9/h3,5-6H,2,4H2,1H3,(H2,9,10). The van der Waals surface area contributed by atoms with E-state index in [-0.39, 0.29) is 11.9 Å². The van der Waals surface area contributed by atoms with E-state index in [2.05, 4.69) is 4.98 Å². The summed E-state index contributed by atoms with van der Waals surface area (Å²) in [4.78, 5) is 17.2. The molecule has 0 aliphatic carbocycles. The van der Waals surface area contributed by atoms with E-state index >= 15 is 0 Å². The zero-order chi connectivity index (χ0) is 9.42. The van der Waals surface area contributed by atoms with Gasteiger partial charge in [0.05, 0.1) is 0 Å². The van der Waals surface area contributed by atoms with Gasteiger partial charge < -0.3 is 15.2 Å². The number of nitrogen functional groups attached to an aromatic ring is 1. The molecular weight excluding hydrogens is 168 g/mol. The summed E-state index contributed by atoms with van der Waals surface area (Å²) in [6.45, 7) is 0.793. The lowest BCUT2D eigenvalue weighted by molar-refractivity contribution is -0.129. The lowest BCUT2D eigenvalue weighted by atomic mass is 10.2. The molecule has 2 heterocycles.